The summed E-state index contributed by atoms with van der Waals surface area (Å²) < 4.78 is 133. The van der Waals surface area contributed by atoms with Gasteiger partial charge in [-0.2, -0.15) is 11.4 Å². The monoisotopic (exact) mass is 975 g/mol. The van der Waals surface area contributed by atoms with Gasteiger partial charge in [-0.1, -0.05) is 135 Å². The SMILES string of the molecule is CC(/C=C(/C)[N-]c1c(C(C)C)cccc1C(C)C)=Nc1c(C(C)C)cccc1C(C)C.CC(/C=C(/C)[N-]c1c(F)c(F)c(F)c(F)c1F)=Nc1c(F)c(F)c(F)c(F)c1F.[Cu+2].[H-].[H-].[Zn+2]. The molecule has 0 aliphatic rings. The number of allylic oxidation sites excluding steroid dienone is 4. The van der Waals surface area contributed by atoms with E-state index in [1.807, 2.05) is 0 Å². The molecule has 0 N–H and O–H groups in total. The van der Waals surface area contributed by atoms with Gasteiger partial charge in [0.25, 0.3) is 0 Å². The maximum absolute atomic E-state index is 13.6. The number of aliphatic imine (C=N–C) groups is 2. The van der Waals surface area contributed by atoms with Gasteiger partial charge >= 0.3 is 36.5 Å². The molecule has 0 unspecified atom stereocenters. The minimum Gasteiger partial charge on any atom is -1.00 e. The van der Waals surface area contributed by atoms with Crippen molar-refractivity contribution in [3.05, 3.63) is 151 Å². The number of benzene rings is 4. The molecule has 0 aliphatic carbocycles. The summed E-state index contributed by atoms with van der Waals surface area (Å²) in [6, 6.07) is 13.1. The normalized spacial score (nSPS) is 12.4. The van der Waals surface area contributed by atoms with Crippen LogP contribution in [0.25, 0.3) is 10.6 Å². The van der Waals surface area contributed by atoms with Crippen LogP contribution in [0, 0.1) is 58.2 Å². The zero-order chi connectivity index (χ0) is 45.5. The number of hydrogen-bond acceptors (Lipinski definition) is 2. The second-order valence-electron chi connectivity index (χ2n) is 15.3. The molecule has 4 nitrogen and oxygen atoms in total. The molecule has 0 spiro atoms. The van der Waals surface area contributed by atoms with Gasteiger partial charge < -0.3 is 13.5 Å². The maximum Gasteiger partial charge on any atom is 2.00 e. The van der Waals surface area contributed by atoms with Crippen molar-refractivity contribution in [3.63, 3.8) is 0 Å². The van der Waals surface area contributed by atoms with E-state index in [-0.39, 0.29) is 39.4 Å². The molecule has 1 radical (unpaired) electrons. The van der Waals surface area contributed by atoms with E-state index in [1.54, 1.807) is 0 Å². The molecule has 0 amide bonds. The van der Waals surface area contributed by atoms with Crippen LogP contribution < -0.4 is 0 Å². The van der Waals surface area contributed by atoms with Crippen LogP contribution in [-0.4, -0.2) is 11.4 Å². The van der Waals surface area contributed by atoms with E-state index in [0.717, 1.165) is 42.7 Å². The molecule has 0 atom stereocenters. The molecule has 0 fully saturated rings. The molecule has 4 rings (SSSR count). The molecule has 337 valence electrons. The quantitative estimate of drug-likeness (QED) is 0.0447. The Labute approximate surface area is 383 Å². The summed E-state index contributed by atoms with van der Waals surface area (Å²) in [5.74, 6) is -21.0. The first kappa shape index (κ1) is 55.8. The summed E-state index contributed by atoms with van der Waals surface area (Å²) in [5.41, 5.74) is 5.45. The van der Waals surface area contributed by atoms with Crippen molar-refractivity contribution in [1.29, 1.82) is 0 Å². The Kier molecular flexibility index (Phi) is 21.6. The Hall–Kier alpha value is -4.26. The van der Waals surface area contributed by atoms with Gasteiger partial charge in [-0.25, -0.2) is 48.9 Å². The van der Waals surface area contributed by atoms with Crippen LogP contribution >= 0.6 is 0 Å². The number of nitrogens with zero attached hydrogens (tertiary/aromatic N) is 4. The third-order valence-corrected chi connectivity index (χ3v) is 9.05. The number of para-hydroxylation sites is 2. The Balaban J connectivity index is 0. The van der Waals surface area contributed by atoms with Crippen LogP contribution in [0.4, 0.5) is 66.7 Å². The van der Waals surface area contributed by atoms with Gasteiger partial charge in [0.15, 0.2) is 40.7 Å². The molecule has 0 saturated heterocycles. The van der Waals surface area contributed by atoms with Crippen molar-refractivity contribution in [2.75, 3.05) is 0 Å². The molecule has 0 saturated carbocycles. The molecular formula is C46H50CuF10N4Zn. The van der Waals surface area contributed by atoms with Gasteiger partial charge in [0, 0.05) is 11.4 Å². The fraction of sp³-hybridized carbons (Fsp3) is 0.348. The molecule has 16 heteroatoms. The summed E-state index contributed by atoms with van der Waals surface area (Å²) in [6.07, 6.45) is 2.86. The van der Waals surface area contributed by atoms with Crippen LogP contribution in [0.3, 0.4) is 0 Å². The van der Waals surface area contributed by atoms with Gasteiger partial charge in [0.1, 0.15) is 17.3 Å². The molecule has 4 aromatic carbocycles. The Bertz CT molecular complexity index is 2260. The van der Waals surface area contributed by atoms with E-state index in [2.05, 4.69) is 122 Å². The summed E-state index contributed by atoms with van der Waals surface area (Å²) in [7, 11) is 0. The van der Waals surface area contributed by atoms with Crippen LogP contribution in [0.1, 0.15) is 132 Å². The first-order valence-electron chi connectivity index (χ1n) is 19.1. The molecule has 0 bridgehead atoms. The van der Waals surface area contributed by atoms with E-state index in [9.17, 15) is 43.9 Å². The Morgan fingerprint density at radius 2 is 0.710 bits per heavy atom. The second-order valence-corrected chi connectivity index (χ2v) is 15.3. The van der Waals surface area contributed by atoms with E-state index < -0.39 is 81.0 Å². The van der Waals surface area contributed by atoms with E-state index in [1.165, 1.54) is 22.3 Å². The largest absolute Gasteiger partial charge is 2.00 e. The topological polar surface area (TPSA) is 52.9 Å². The Morgan fingerprint density at radius 1 is 0.435 bits per heavy atom. The molecule has 0 aliphatic heterocycles. The number of hydrogen-bond donors (Lipinski definition) is 0. The van der Waals surface area contributed by atoms with Gasteiger partial charge in [0.05, 0.1) is 5.69 Å². The van der Waals surface area contributed by atoms with Gasteiger partial charge in [-0.05, 0) is 48.6 Å². The summed E-state index contributed by atoms with van der Waals surface area (Å²) >= 11 is 0. The van der Waals surface area contributed by atoms with Crippen molar-refractivity contribution in [2.45, 2.75) is 107 Å². The number of rotatable bonds is 12. The third kappa shape index (κ3) is 13.4. The summed E-state index contributed by atoms with van der Waals surface area (Å²) in [5, 5.41) is 8.26. The molecule has 0 aromatic heterocycles. The predicted molar refractivity (Wildman–Crippen MR) is 223 cm³/mol. The maximum atomic E-state index is 13.6. The van der Waals surface area contributed by atoms with Gasteiger partial charge in [0.2, 0.25) is 5.82 Å². The first-order valence-corrected chi connectivity index (χ1v) is 19.1. The molecule has 0 heterocycles. The van der Waals surface area contributed by atoms with Crippen molar-refractivity contribution < 1.29 is 83.3 Å². The fourth-order valence-corrected chi connectivity index (χ4v) is 6.10. The van der Waals surface area contributed by atoms with Crippen molar-refractivity contribution in [2.24, 2.45) is 9.98 Å². The number of halogens is 10. The standard InChI is InChI=1S/C29H41N2.C17H7F10N2.Cu.Zn.2H/c1-18(2)24-13-11-14-25(19(3)4)28(24)30-22(9)17-23(10)31-29-26(20(5)6)15-12-16-27(29)21(7)8;1-4(28-16-12(24)8(20)6(18)9(21)13(16)25)3-5(2)29-17-14(26)10(22)7(19)11(23)15(17)27;;;;/h11-21H,1-10H3;3H,1-2H3;;;;/q2*-1;2*+2;2*-1/b22-17-,31-23?;4-3-,29-5?;;;;. The van der Waals surface area contributed by atoms with Crippen LogP contribution in [-0.2, 0) is 36.5 Å². The van der Waals surface area contributed by atoms with Crippen LogP contribution in [0.15, 0.2) is 69.9 Å². The predicted octanol–water partition coefficient (Wildman–Crippen LogP) is 16.9. The second kappa shape index (κ2) is 24.0. The van der Waals surface area contributed by atoms with Crippen LogP contribution in [0.2, 0.25) is 0 Å². The van der Waals surface area contributed by atoms with E-state index in [0.29, 0.717) is 23.7 Å². The first-order chi connectivity index (χ1) is 27.9. The minimum atomic E-state index is -2.40. The fourth-order valence-electron chi connectivity index (χ4n) is 6.10. The molecular weight excluding hydrogens is 927 g/mol. The van der Waals surface area contributed by atoms with Gasteiger partial charge in [-0.3, -0.25) is 4.99 Å². The zero-order valence-corrected chi connectivity index (χ0v) is 40.4. The van der Waals surface area contributed by atoms with Crippen molar-refractivity contribution in [3.8, 4) is 0 Å². The van der Waals surface area contributed by atoms with Crippen molar-refractivity contribution in [1.82, 2.24) is 0 Å². The summed E-state index contributed by atoms with van der Waals surface area (Å²) in [4.78, 5) is 8.26. The minimum absolute atomic E-state index is 0. The van der Waals surface area contributed by atoms with E-state index >= 15 is 0 Å². The zero-order valence-electron chi connectivity index (χ0n) is 38.5. The molecule has 4 aromatic rings. The van der Waals surface area contributed by atoms with E-state index in [4.69, 9.17) is 10.3 Å². The average Bonchev–Trinajstić information content (AvgIpc) is 3.17. The van der Waals surface area contributed by atoms with Crippen molar-refractivity contribution >= 4 is 34.2 Å². The smallest absolute Gasteiger partial charge is 1.00 e. The van der Waals surface area contributed by atoms with Crippen LogP contribution in [0.5, 0.6) is 0 Å². The Morgan fingerprint density at radius 3 is 1.05 bits per heavy atom. The summed E-state index contributed by atoms with van der Waals surface area (Å²) in [6.45, 7) is 24.0. The molecule has 62 heavy (non-hydrogen) atoms. The average molecular weight is 978 g/mol. The third-order valence-electron chi connectivity index (χ3n) is 9.05. The van der Waals surface area contributed by atoms with Gasteiger partial charge in [-0.15, -0.1) is 5.69 Å².